The SMILES string of the molecule is CCC(C)[C@H](NC(=O)[C@@H](NC(=O)[C@H](CCC(=O)O)NC(=O)CCC(=O)O)C(c1ccccc1)c1ccccc1)C(=O)N[C@@H](CC1CCCCC1)C(=O)NC(CC(F)F)C(=O)NS(=O)(=O)c1ccccc1. The molecule has 0 aromatic heterocycles. The molecule has 3 aromatic rings. The maximum Gasteiger partial charge on any atom is 0.303 e. The summed E-state index contributed by atoms with van der Waals surface area (Å²) in [6.45, 7) is 3.38. The van der Waals surface area contributed by atoms with Crippen molar-refractivity contribution in [1.82, 2.24) is 31.3 Å². The Kier molecular flexibility index (Phi) is 21.9. The number of carbonyl (C=O) groups is 8. The molecule has 0 bridgehead atoms. The molecule has 8 N–H and O–H groups in total. The molecule has 1 saturated carbocycles. The molecule has 6 atom stereocenters. The minimum Gasteiger partial charge on any atom is -0.481 e. The predicted octanol–water partition coefficient (Wildman–Crippen LogP) is 4.15. The minimum absolute atomic E-state index is 0.00274. The number of halogens is 2. The second kappa shape index (κ2) is 27.4. The molecule has 380 valence electrons. The van der Waals surface area contributed by atoms with Gasteiger partial charge in [-0.25, -0.2) is 21.9 Å². The highest BCUT2D eigenvalue weighted by atomic mass is 32.2. The lowest BCUT2D eigenvalue weighted by Crippen LogP contribution is -2.61. The van der Waals surface area contributed by atoms with Gasteiger partial charge < -0.3 is 36.8 Å². The van der Waals surface area contributed by atoms with Crippen molar-refractivity contribution in [1.29, 1.82) is 0 Å². The van der Waals surface area contributed by atoms with Crippen molar-refractivity contribution in [2.75, 3.05) is 0 Å². The monoisotopic (exact) mass is 996 g/mol. The summed E-state index contributed by atoms with van der Waals surface area (Å²) in [4.78, 5) is 107. The molecule has 0 aliphatic heterocycles. The fourth-order valence-corrected chi connectivity index (χ4v) is 9.25. The van der Waals surface area contributed by atoms with Crippen molar-refractivity contribution in [3.63, 3.8) is 0 Å². The highest BCUT2D eigenvalue weighted by Gasteiger charge is 2.39. The van der Waals surface area contributed by atoms with E-state index in [4.69, 9.17) is 5.11 Å². The van der Waals surface area contributed by atoms with Gasteiger partial charge in [0, 0.05) is 25.2 Å². The molecule has 0 radical (unpaired) electrons. The van der Waals surface area contributed by atoms with Crippen molar-refractivity contribution < 1.29 is 65.8 Å². The zero-order valence-corrected chi connectivity index (χ0v) is 39.8. The van der Waals surface area contributed by atoms with Crippen molar-refractivity contribution in [2.45, 2.75) is 138 Å². The summed E-state index contributed by atoms with van der Waals surface area (Å²) < 4.78 is 55.7. The van der Waals surface area contributed by atoms with Crippen molar-refractivity contribution in [3.8, 4) is 0 Å². The first-order chi connectivity index (χ1) is 33.3. The van der Waals surface area contributed by atoms with Crippen LogP contribution in [0.1, 0.15) is 108 Å². The van der Waals surface area contributed by atoms with E-state index in [-0.39, 0.29) is 23.7 Å². The Balaban J connectivity index is 1.71. The van der Waals surface area contributed by atoms with Gasteiger partial charge in [-0.15, -0.1) is 0 Å². The third kappa shape index (κ3) is 17.6. The zero-order chi connectivity index (χ0) is 51.4. The van der Waals surface area contributed by atoms with E-state index in [9.17, 15) is 60.7 Å². The van der Waals surface area contributed by atoms with Crippen molar-refractivity contribution in [2.24, 2.45) is 11.8 Å². The maximum absolute atomic E-state index is 15.0. The summed E-state index contributed by atoms with van der Waals surface area (Å²) >= 11 is 0. The molecule has 1 aliphatic carbocycles. The predicted molar refractivity (Wildman–Crippen MR) is 251 cm³/mol. The number of nitrogens with one attached hydrogen (secondary N) is 6. The van der Waals surface area contributed by atoms with E-state index in [0.717, 1.165) is 19.3 Å². The average molecular weight is 997 g/mol. The van der Waals surface area contributed by atoms with E-state index >= 15 is 0 Å². The van der Waals surface area contributed by atoms with Crippen molar-refractivity contribution in [3.05, 3.63) is 102 Å². The molecule has 70 heavy (non-hydrogen) atoms. The first-order valence-corrected chi connectivity index (χ1v) is 24.7. The number of carboxylic acids is 2. The number of carboxylic acid groups (broad SMARTS) is 2. The summed E-state index contributed by atoms with van der Waals surface area (Å²) in [6.07, 6.45) is -2.43. The Morgan fingerprint density at radius 3 is 1.63 bits per heavy atom. The van der Waals surface area contributed by atoms with Gasteiger partial charge in [-0.3, -0.25) is 38.4 Å². The molecule has 3 aromatic carbocycles. The molecular formula is C49H62F2N6O12S. The quantitative estimate of drug-likeness (QED) is 0.0535. The number of aliphatic carboxylic acids is 2. The van der Waals surface area contributed by atoms with Crippen LogP contribution in [-0.4, -0.2) is 103 Å². The molecule has 1 aliphatic rings. The van der Waals surface area contributed by atoms with Crippen LogP contribution in [0.3, 0.4) is 0 Å². The minimum atomic E-state index is -4.55. The third-order valence-corrected chi connectivity index (χ3v) is 13.5. The number of carbonyl (C=O) groups excluding carboxylic acids is 6. The largest absolute Gasteiger partial charge is 0.481 e. The number of hydrogen-bond donors (Lipinski definition) is 8. The number of amides is 6. The number of alkyl halides is 2. The lowest BCUT2D eigenvalue weighted by molar-refractivity contribution is -0.139. The van der Waals surface area contributed by atoms with Gasteiger partial charge in [0.25, 0.3) is 15.9 Å². The second-order valence-electron chi connectivity index (χ2n) is 17.4. The van der Waals surface area contributed by atoms with Crippen LogP contribution in [0.25, 0.3) is 0 Å². The first kappa shape index (κ1) is 55.8. The number of sulfonamides is 1. The Labute approximate surface area is 405 Å². The Hall–Kier alpha value is -6.77. The summed E-state index contributed by atoms with van der Waals surface area (Å²) in [7, 11) is -4.55. The average Bonchev–Trinajstić information content (AvgIpc) is 3.33. The standard InChI is InChI=1S/C49H62F2N6O12S/c1-3-30(2)43(48(66)54-36(28-31-16-8-4-9-17-31)46(64)53-37(29-38(50)51)47(65)57-70(68,69)34-22-14-7-15-23-34)55-49(67)44(42(32-18-10-5-11-19-32)33-20-12-6-13-21-33)56-45(63)35(24-26-40(59)60)52-39(58)25-27-41(61)62/h5-7,10-15,18-23,30-31,35-38,42-44H,3-4,8-9,16-17,24-29H2,1-2H3,(H,52,58)(H,53,64)(H,54,66)(H,55,67)(H,56,63)(H,57,65)(H,59,60)(H,61,62)/t30?,35-,36-,37?,43-,44-/m0/s1. The van der Waals surface area contributed by atoms with Gasteiger partial charge in [0.2, 0.25) is 36.0 Å². The molecule has 0 saturated heterocycles. The van der Waals surface area contributed by atoms with Gasteiger partial charge >= 0.3 is 11.9 Å². The lowest BCUT2D eigenvalue weighted by atomic mass is 9.83. The summed E-state index contributed by atoms with van der Waals surface area (Å²) in [6, 6.07) is 15.7. The van der Waals surface area contributed by atoms with Crippen LogP contribution in [0.5, 0.6) is 0 Å². The molecule has 18 nitrogen and oxygen atoms in total. The first-order valence-electron chi connectivity index (χ1n) is 23.2. The van der Waals surface area contributed by atoms with E-state index in [1.165, 1.54) is 30.3 Å². The van der Waals surface area contributed by atoms with Crippen LogP contribution in [-0.2, 0) is 48.4 Å². The Morgan fingerprint density at radius 2 is 1.10 bits per heavy atom. The summed E-state index contributed by atoms with van der Waals surface area (Å²) in [5, 5.41) is 31.4. The van der Waals surface area contributed by atoms with Gasteiger partial charge in [-0.05, 0) is 47.9 Å². The number of benzene rings is 3. The van der Waals surface area contributed by atoms with Gasteiger partial charge in [0.05, 0.1) is 11.3 Å². The van der Waals surface area contributed by atoms with Crippen LogP contribution >= 0.6 is 0 Å². The molecule has 2 unspecified atom stereocenters. The maximum atomic E-state index is 15.0. The number of rotatable bonds is 27. The van der Waals surface area contributed by atoms with Crippen LogP contribution in [0.4, 0.5) is 8.78 Å². The highest BCUT2D eigenvalue weighted by molar-refractivity contribution is 7.90. The topological polar surface area (TPSA) is 283 Å². The molecule has 4 rings (SSSR count). The van der Waals surface area contributed by atoms with E-state index in [1.54, 1.807) is 79.2 Å². The normalized spacial score (nSPS) is 15.5. The lowest BCUT2D eigenvalue weighted by Gasteiger charge is -2.33. The summed E-state index contributed by atoms with van der Waals surface area (Å²) in [5.41, 5.74) is 1.05. The van der Waals surface area contributed by atoms with Gasteiger partial charge in [-0.2, -0.15) is 0 Å². The van der Waals surface area contributed by atoms with E-state index < -0.39 is 138 Å². The molecule has 21 heteroatoms. The van der Waals surface area contributed by atoms with Crippen LogP contribution in [0, 0.1) is 11.8 Å². The molecule has 6 amide bonds. The Bertz CT molecular complexity index is 2320. The zero-order valence-electron chi connectivity index (χ0n) is 39.0. The molecule has 1 fully saturated rings. The highest BCUT2D eigenvalue weighted by Crippen LogP contribution is 2.30. The third-order valence-electron chi connectivity index (χ3n) is 12.2. The van der Waals surface area contributed by atoms with Crippen LogP contribution in [0.15, 0.2) is 95.9 Å². The van der Waals surface area contributed by atoms with Gasteiger partial charge in [0.1, 0.15) is 30.2 Å². The molecule has 0 heterocycles. The van der Waals surface area contributed by atoms with Gasteiger partial charge in [-0.1, -0.05) is 131 Å². The van der Waals surface area contributed by atoms with Crippen LogP contribution in [0.2, 0.25) is 0 Å². The fourth-order valence-electron chi connectivity index (χ4n) is 8.21. The summed E-state index contributed by atoms with van der Waals surface area (Å²) in [5.74, 6) is -10.5. The van der Waals surface area contributed by atoms with E-state index in [2.05, 4.69) is 26.6 Å². The van der Waals surface area contributed by atoms with E-state index in [0.29, 0.717) is 24.0 Å². The van der Waals surface area contributed by atoms with E-state index in [1.807, 2.05) is 0 Å². The second-order valence-corrected chi connectivity index (χ2v) is 19.1. The molecular weight excluding hydrogens is 935 g/mol. The number of hydrogen-bond acceptors (Lipinski definition) is 10. The van der Waals surface area contributed by atoms with Crippen LogP contribution < -0.4 is 31.3 Å². The smallest absolute Gasteiger partial charge is 0.303 e. The fraction of sp³-hybridized carbons (Fsp3) is 0.469. The van der Waals surface area contributed by atoms with Gasteiger partial charge in [0.15, 0.2) is 0 Å². The van der Waals surface area contributed by atoms with Crippen molar-refractivity contribution >= 4 is 57.4 Å². The Morgan fingerprint density at radius 1 is 0.600 bits per heavy atom. The molecule has 0 spiro atoms.